The van der Waals surface area contributed by atoms with Gasteiger partial charge in [0, 0.05) is 38.0 Å². The van der Waals surface area contributed by atoms with Crippen molar-refractivity contribution < 1.29 is 4.79 Å². The van der Waals surface area contributed by atoms with Crippen molar-refractivity contribution in [1.29, 1.82) is 0 Å². The number of aromatic nitrogens is 2. The van der Waals surface area contributed by atoms with E-state index >= 15 is 0 Å². The average molecular weight is 314 g/mol. The Morgan fingerprint density at radius 2 is 2.09 bits per heavy atom. The molecule has 0 N–H and O–H groups in total. The van der Waals surface area contributed by atoms with Crippen LogP contribution in [0.15, 0.2) is 12.1 Å². The van der Waals surface area contributed by atoms with Crippen LogP contribution in [0.5, 0.6) is 0 Å². The molecule has 3 aliphatic rings. The number of aryl methyl sites for hydroxylation is 1. The monoisotopic (exact) mass is 314 g/mol. The van der Waals surface area contributed by atoms with Gasteiger partial charge in [-0.25, -0.2) is 0 Å². The Morgan fingerprint density at radius 3 is 2.83 bits per heavy atom. The second kappa shape index (κ2) is 5.77. The lowest BCUT2D eigenvalue weighted by Gasteiger charge is -2.48. The van der Waals surface area contributed by atoms with Gasteiger partial charge in [0.15, 0.2) is 5.82 Å². The fourth-order valence-corrected chi connectivity index (χ4v) is 4.18. The van der Waals surface area contributed by atoms with E-state index in [1.807, 2.05) is 13.0 Å². The Bertz CT molecular complexity index is 583. The molecule has 1 amide bonds. The second-order valence-corrected chi connectivity index (χ2v) is 7.78. The summed E-state index contributed by atoms with van der Waals surface area (Å²) in [7, 11) is 0. The van der Waals surface area contributed by atoms with Crippen molar-refractivity contribution >= 4 is 11.7 Å². The number of piperidine rings is 2. The highest BCUT2D eigenvalue weighted by Gasteiger charge is 2.43. The highest BCUT2D eigenvalue weighted by Crippen LogP contribution is 2.41. The average Bonchev–Trinajstić information content (AvgIpc) is 3.36. The quantitative estimate of drug-likeness (QED) is 0.859. The molecule has 2 aliphatic heterocycles. The summed E-state index contributed by atoms with van der Waals surface area (Å²) in [6.45, 7) is 5.97. The summed E-state index contributed by atoms with van der Waals surface area (Å²) in [6, 6.07) is 4.12. The van der Waals surface area contributed by atoms with Gasteiger partial charge in [-0.05, 0) is 57.1 Å². The van der Waals surface area contributed by atoms with Crippen LogP contribution in [-0.2, 0) is 4.79 Å². The van der Waals surface area contributed by atoms with Crippen molar-refractivity contribution in [2.24, 2.45) is 11.3 Å². The van der Waals surface area contributed by atoms with Gasteiger partial charge in [-0.2, -0.15) is 5.10 Å². The standard InChI is InChI=1S/C18H26N4O/c1-14-3-6-16(20-19-14)21-10-2-8-18(12-21)9-7-17(23)22(13-18)11-15-4-5-15/h3,6,15H,2,4-5,7-13H2,1H3. The van der Waals surface area contributed by atoms with Gasteiger partial charge in [0.1, 0.15) is 0 Å². The molecule has 5 nitrogen and oxygen atoms in total. The Labute approximate surface area is 138 Å². The summed E-state index contributed by atoms with van der Waals surface area (Å²) in [5.41, 5.74) is 1.22. The largest absolute Gasteiger partial charge is 0.355 e. The molecule has 1 aromatic rings. The molecule has 0 bridgehead atoms. The lowest BCUT2D eigenvalue weighted by atomic mass is 9.73. The molecule has 124 valence electrons. The van der Waals surface area contributed by atoms with Gasteiger partial charge < -0.3 is 9.80 Å². The van der Waals surface area contributed by atoms with Crippen LogP contribution in [0.4, 0.5) is 5.82 Å². The maximum atomic E-state index is 12.3. The number of amides is 1. The van der Waals surface area contributed by atoms with Crippen LogP contribution >= 0.6 is 0 Å². The van der Waals surface area contributed by atoms with Gasteiger partial charge in [-0.1, -0.05) is 0 Å². The zero-order valence-electron chi connectivity index (χ0n) is 14.0. The lowest BCUT2D eigenvalue weighted by Crippen LogP contribution is -2.54. The highest BCUT2D eigenvalue weighted by molar-refractivity contribution is 5.77. The van der Waals surface area contributed by atoms with Gasteiger partial charge >= 0.3 is 0 Å². The molecule has 4 rings (SSSR count). The van der Waals surface area contributed by atoms with Gasteiger partial charge in [-0.3, -0.25) is 4.79 Å². The first kappa shape index (κ1) is 14.9. The minimum Gasteiger partial charge on any atom is -0.355 e. The number of nitrogens with zero attached hydrogens (tertiary/aromatic N) is 4. The van der Waals surface area contributed by atoms with Crippen LogP contribution in [0.1, 0.15) is 44.2 Å². The molecule has 0 aromatic carbocycles. The molecule has 1 unspecified atom stereocenters. The molecular weight excluding hydrogens is 288 g/mol. The van der Waals surface area contributed by atoms with Crippen molar-refractivity contribution in [1.82, 2.24) is 15.1 Å². The predicted molar refractivity (Wildman–Crippen MR) is 89.2 cm³/mol. The molecule has 0 radical (unpaired) electrons. The number of carbonyl (C=O) groups is 1. The molecule has 1 aromatic heterocycles. The first-order valence-electron chi connectivity index (χ1n) is 8.97. The van der Waals surface area contributed by atoms with Crippen molar-refractivity contribution in [3.63, 3.8) is 0 Å². The molecule has 1 saturated carbocycles. The summed E-state index contributed by atoms with van der Waals surface area (Å²) < 4.78 is 0. The van der Waals surface area contributed by atoms with Gasteiger partial charge in [0.2, 0.25) is 5.91 Å². The highest BCUT2D eigenvalue weighted by atomic mass is 16.2. The second-order valence-electron chi connectivity index (χ2n) is 7.78. The fraction of sp³-hybridized carbons (Fsp3) is 0.722. The molecule has 1 aliphatic carbocycles. The van der Waals surface area contributed by atoms with Crippen LogP contribution in [0.2, 0.25) is 0 Å². The van der Waals surface area contributed by atoms with E-state index in [2.05, 4.69) is 26.1 Å². The zero-order valence-corrected chi connectivity index (χ0v) is 14.0. The predicted octanol–water partition coefficient (Wildman–Crippen LogP) is 2.40. The molecule has 3 fully saturated rings. The summed E-state index contributed by atoms with van der Waals surface area (Å²) in [4.78, 5) is 16.8. The number of carbonyl (C=O) groups excluding carboxylic acids is 1. The number of likely N-dealkylation sites (tertiary alicyclic amines) is 1. The summed E-state index contributed by atoms with van der Waals surface area (Å²) in [5.74, 6) is 2.13. The summed E-state index contributed by atoms with van der Waals surface area (Å²) in [5, 5.41) is 8.57. The van der Waals surface area contributed by atoms with Crippen LogP contribution in [-0.4, -0.2) is 47.2 Å². The van der Waals surface area contributed by atoms with Crippen molar-refractivity contribution in [3.8, 4) is 0 Å². The van der Waals surface area contributed by atoms with Gasteiger partial charge in [0.05, 0.1) is 5.69 Å². The van der Waals surface area contributed by atoms with Crippen molar-refractivity contribution in [3.05, 3.63) is 17.8 Å². The minimum absolute atomic E-state index is 0.258. The number of hydrogen-bond donors (Lipinski definition) is 0. The van der Waals surface area contributed by atoms with E-state index in [4.69, 9.17) is 0 Å². The SMILES string of the molecule is Cc1ccc(N2CCCC3(CCC(=O)N(CC4CC4)C3)C2)nn1. The van der Waals surface area contributed by atoms with E-state index in [0.717, 1.165) is 56.5 Å². The number of anilines is 1. The number of rotatable bonds is 3. The molecule has 1 atom stereocenters. The maximum Gasteiger partial charge on any atom is 0.222 e. The van der Waals surface area contributed by atoms with Crippen LogP contribution in [0.25, 0.3) is 0 Å². The maximum absolute atomic E-state index is 12.3. The Hall–Kier alpha value is -1.65. The van der Waals surface area contributed by atoms with Crippen molar-refractivity contribution in [2.45, 2.75) is 45.4 Å². The third-order valence-corrected chi connectivity index (χ3v) is 5.69. The van der Waals surface area contributed by atoms with E-state index in [-0.39, 0.29) is 5.41 Å². The first-order chi connectivity index (χ1) is 11.1. The number of hydrogen-bond acceptors (Lipinski definition) is 4. The smallest absolute Gasteiger partial charge is 0.222 e. The van der Waals surface area contributed by atoms with E-state index in [0.29, 0.717) is 5.91 Å². The molecule has 3 heterocycles. The van der Waals surface area contributed by atoms with Gasteiger partial charge in [-0.15, -0.1) is 5.10 Å². The lowest BCUT2D eigenvalue weighted by molar-refractivity contribution is -0.138. The normalized spacial score (nSPS) is 28.5. The Balaban J connectivity index is 1.48. The van der Waals surface area contributed by atoms with E-state index in [1.165, 1.54) is 25.7 Å². The first-order valence-corrected chi connectivity index (χ1v) is 8.97. The van der Waals surface area contributed by atoms with E-state index in [1.54, 1.807) is 0 Å². The molecule has 5 heteroatoms. The van der Waals surface area contributed by atoms with Crippen LogP contribution in [0.3, 0.4) is 0 Å². The molecule has 1 spiro atoms. The zero-order chi connectivity index (χ0) is 15.9. The minimum atomic E-state index is 0.258. The molecule has 2 saturated heterocycles. The topological polar surface area (TPSA) is 49.3 Å². The third kappa shape index (κ3) is 3.19. The van der Waals surface area contributed by atoms with E-state index in [9.17, 15) is 4.79 Å². The fourth-order valence-electron chi connectivity index (χ4n) is 4.18. The van der Waals surface area contributed by atoms with Crippen LogP contribution < -0.4 is 4.90 Å². The van der Waals surface area contributed by atoms with Crippen molar-refractivity contribution in [2.75, 3.05) is 31.1 Å². The summed E-state index contributed by atoms with van der Waals surface area (Å²) in [6.07, 6.45) is 6.78. The van der Waals surface area contributed by atoms with E-state index < -0.39 is 0 Å². The molecular formula is C18H26N4O. The third-order valence-electron chi connectivity index (χ3n) is 5.69. The molecule has 23 heavy (non-hydrogen) atoms. The van der Waals surface area contributed by atoms with Crippen LogP contribution in [0, 0.1) is 18.3 Å². The Morgan fingerprint density at radius 1 is 1.22 bits per heavy atom. The Kier molecular flexibility index (Phi) is 3.74. The summed E-state index contributed by atoms with van der Waals surface area (Å²) >= 11 is 0. The van der Waals surface area contributed by atoms with Gasteiger partial charge in [0.25, 0.3) is 0 Å².